The summed E-state index contributed by atoms with van der Waals surface area (Å²) < 4.78 is 0. The van der Waals surface area contributed by atoms with Gasteiger partial charge < -0.3 is 0 Å². The molecule has 0 saturated heterocycles. The summed E-state index contributed by atoms with van der Waals surface area (Å²) in [4.78, 5) is 0. The van der Waals surface area contributed by atoms with Gasteiger partial charge in [0.1, 0.15) is 0 Å². The zero-order valence-electron chi connectivity index (χ0n) is 34.6. The molecule has 0 amide bonds. The fourth-order valence-corrected chi connectivity index (χ4v) is 5.49. The summed E-state index contributed by atoms with van der Waals surface area (Å²) >= 11 is 0. The van der Waals surface area contributed by atoms with E-state index in [0.29, 0.717) is 0 Å². The van der Waals surface area contributed by atoms with Crippen LogP contribution in [0.5, 0.6) is 0 Å². The van der Waals surface area contributed by atoms with Crippen molar-refractivity contribution in [2.24, 2.45) is 0 Å². The van der Waals surface area contributed by atoms with E-state index in [1.807, 2.05) is 30.3 Å². The molecule has 0 unspecified atom stereocenters. The predicted octanol–water partition coefficient (Wildman–Crippen LogP) is 16.7. The molecule has 54 heavy (non-hydrogen) atoms. The molecule has 0 heterocycles. The van der Waals surface area contributed by atoms with Crippen LogP contribution in [0.15, 0.2) is 183 Å². The lowest BCUT2D eigenvalue weighted by atomic mass is 9.88. The van der Waals surface area contributed by atoms with Crippen LogP contribution in [0.2, 0.25) is 0 Å². The monoisotopic (exact) mass is 713 g/mol. The van der Waals surface area contributed by atoms with Crippen molar-refractivity contribution in [3.63, 3.8) is 0 Å². The second-order valence-corrected chi connectivity index (χ2v) is 13.4. The van der Waals surface area contributed by atoms with Crippen LogP contribution in [0.1, 0.15) is 81.7 Å². The van der Waals surface area contributed by atoms with Crippen molar-refractivity contribution in [3.8, 4) is 33.4 Å². The first-order valence-electron chi connectivity index (χ1n) is 19.6. The lowest BCUT2D eigenvalue weighted by molar-refractivity contribution is 1.09. The van der Waals surface area contributed by atoms with Crippen molar-refractivity contribution in [2.75, 3.05) is 0 Å². The Bertz CT molecular complexity index is 1940. The van der Waals surface area contributed by atoms with Gasteiger partial charge in [-0.25, -0.2) is 0 Å². The summed E-state index contributed by atoms with van der Waals surface area (Å²) in [6.07, 6.45) is 11.8. The maximum Gasteiger partial charge on any atom is -0.00735 e. The van der Waals surface area contributed by atoms with E-state index in [1.54, 1.807) is 0 Å². The topological polar surface area (TPSA) is 0 Å². The largest absolute Gasteiger partial charge is 0.0990 e. The fraction of sp³-hybridized carbons (Fsp3) is 0.222. The molecule has 0 fully saturated rings. The minimum absolute atomic E-state index is 1.02. The summed E-state index contributed by atoms with van der Waals surface area (Å²) in [5, 5.41) is 0. The van der Waals surface area contributed by atoms with Crippen molar-refractivity contribution in [1.82, 2.24) is 0 Å². The van der Waals surface area contributed by atoms with E-state index in [9.17, 15) is 0 Å². The van der Waals surface area contributed by atoms with Gasteiger partial charge in [-0.3, -0.25) is 0 Å². The molecule has 280 valence electrons. The standard InChI is InChI=1S/C28H28.C13H12.C7H8.2C3H8/c1-5-7-14-23(11-6-2)24-17-19-25(20-18-24)27-16-10-13-22(4)28(27)26-15-9-8-12-21(26)3;1-11-7-9-13(10-8-11)12-5-3-2-4-6-12;1-7-5-3-2-4-6-7;2*1-3-2/h6-20H,2,5H2,1,3-4H3;2-10H,1H3;2-6H,1H3;2*3H2,1-2H3/b14-7-,23-11+;;;;. The Balaban J connectivity index is 0.000000316. The Hall–Kier alpha value is -5.46. The summed E-state index contributed by atoms with van der Waals surface area (Å²) in [5.41, 5.74) is 15.3. The highest BCUT2D eigenvalue weighted by Gasteiger charge is 2.12. The van der Waals surface area contributed by atoms with Crippen LogP contribution in [0.3, 0.4) is 0 Å². The molecular formula is C54H64. The Kier molecular flexibility index (Phi) is 21.8. The van der Waals surface area contributed by atoms with Crippen LogP contribution in [0, 0.1) is 27.7 Å². The van der Waals surface area contributed by atoms with Gasteiger partial charge in [-0.2, -0.15) is 0 Å². The SMILES string of the molecule is C=C/C=C(\C=C/CC)c1ccc(-c2cccc(C)c2-c2ccccc2C)cc1.CCC.CCC.Cc1ccc(-c2ccccc2)cc1.Cc1ccccc1. The van der Waals surface area contributed by atoms with Gasteiger partial charge in [0.05, 0.1) is 0 Å². The Labute approximate surface area is 329 Å². The average molecular weight is 713 g/mol. The van der Waals surface area contributed by atoms with E-state index in [1.165, 1.54) is 79.6 Å². The third kappa shape index (κ3) is 15.6. The molecule has 0 aliphatic carbocycles. The second kappa shape index (κ2) is 26.3. The first-order chi connectivity index (χ1) is 26.2. The maximum atomic E-state index is 3.85. The molecule has 6 aromatic carbocycles. The lowest BCUT2D eigenvalue weighted by Crippen LogP contribution is -1.92. The second-order valence-electron chi connectivity index (χ2n) is 13.4. The highest BCUT2D eigenvalue weighted by molar-refractivity contribution is 5.87. The van der Waals surface area contributed by atoms with Gasteiger partial charge in [0.2, 0.25) is 0 Å². The molecule has 0 aliphatic rings. The smallest absolute Gasteiger partial charge is 0.00735 e. The molecule has 0 bridgehead atoms. The van der Waals surface area contributed by atoms with Crippen molar-refractivity contribution >= 4 is 5.57 Å². The molecule has 0 nitrogen and oxygen atoms in total. The van der Waals surface area contributed by atoms with Crippen LogP contribution >= 0.6 is 0 Å². The molecule has 0 aromatic heterocycles. The number of benzene rings is 6. The van der Waals surface area contributed by atoms with E-state index < -0.39 is 0 Å². The van der Waals surface area contributed by atoms with Crippen molar-refractivity contribution in [1.29, 1.82) is 0 Å². The molecule has 0 radical (unpaired) electrons. The number of hydrogen-bond donors (Lipinski definition) is 0. The van der Waals surface area contributed by atoms with Crippen molar-refractivity contribution in [3.05, 3.63) is 210 Å². The van der Waals surface area contributed by atoms with Crippen LogP contribution in [0.25, 0.3) is 39.0 Å². The van der Waals surface area contributed by atoms with E-state index in [-0.39, 0.29) is 0 Å². The number of aryl methyl sites for hydroxylation is 4. The first-order valence-corrected chi connectivity index (χ1v) is 19.6. The van der Waals surface area contributed by atoms with Crippen molar-refractivity contribution < 1.29 is 0 Å². The van der Waals surface area contributed by atoms with Gasteiger partial charge in [0.25, 0.3) is 0 Å². The zero-order valence-corrected chi connectivity index (χ0v) is 34.6. The molecular weight excluding hydrogens is 649 g/mol. The molecule has 0 atom stereocenters. The molecule has 0 N–H and O–H groups in total. The zero-order chi connectivity index (χ0) is 39.6. The third-order valence-electron chi connectivity index (χ3n) is 8.15. The molecule has 0 aliphatic heterocycles. The van der Waals surface area contributed by atoms with Gasteiger partial charge in [-0.05, 0) is 89.8 Å². The van der Waals surface area contributed by atoms with Crippen molar-refractivity contribution in [2.45, 2.75) is 81.6 Å². The quantitative estimate of drug-likeness (QED) is 0.145. The third-order valence-corrected chi connectivity index (χ3v) is 8.15. The van der Waals surface area contributed by atoms with E-state index >= 15 is 0 Å². The number of allylic oxidation sites excluding steroid dienone is 5. The molecule has 0 saturated carbocycles. The van der Waals surface area contributed by atoms with Crippen LogP contribution < -0.4 is 0 Å². The van der Waals surface area contributed by atoms with Gasteiger partial charge in [0, 0.05) is 0 Å². The number of rotatable bonds is 7. The number of hydrogen-bond acceptors (Lipinski definition) is 0. The van der Waals surface area contributed by atoms with Crippen LogP contribution in [-0.4, -0.2) is 0 Å². The van der Waals surface area contributed by atoms with Crippen LogP contribution in [-0.2, 0) is 0 Å². The minimum Gasteiger partial charge on any atom is -0.0990 e. The van der Waals surface area contributed by atoms with E-state index in [0.717, 1.165) is 6.42 Å². The molecule has 6 aromatic rings. The normalized spacial score (nSPS) is 10.3. The van der Waals surface area contributed by atoms with Gasteiger partial charge in [-0.1, -0.05) is 241 Å². The van der Waals surface area contributed by atoms with Gasteiger partial charge in [0.15, 0.2) is 0 Å². The van der Waals surface area contributed by atoms with Gasteiger partial charge >= 0.3 is 0 Å². The first kappa shape index (κ1) is 44.7. The average Bonchev–Trinajstić information content (AvgIpc) is 3.19. The van der Waals surface area contributed by atoms with Gasteiger partial charge in [-0.15, -0.1) is 0 Å². The summed E-state index contributed by atoms with van der Waals surface area (Å²) in [6.45, 7) is 23.1. The summed E-state index contributed by atoms with van der Waals surface area (Å²) in [7, 11) is 0. The predicted molar refractivity (Wildman–Crippen MR) is 244 cm³/mol. The highest BCUT2D eigenvalue weighted by atomic mass is 14.2. The minimum atomic E-state index is 1.02. The molecule has 0 heteroatoms. The summed E-state index contributed by atoms with van der Waals surface area (Å²) in [6, 6.07) is 53.3. The van der Waals surface area contributed by atoms with E-state index in [4.69, 9.17) is 0 Å². The fourth-order valence-electron chi connectivity index (χ4n) is 5.49. The van der Waals surface area contributed by atoms with Crippen LogP contribution in [0.4, 0.5) is 0 Å². The molecule has 6 rings (SSSR count). The molecule has 0 spiro atoms. The Morgan fingerprint density at radius 2 is 0.926 bits per heavy atom. The Morgan fingerprint density at radius 3 is 1.44 bits per heavy atom. The highest BCUT2D eigenvalue weighted by Crippen LogP contribution is 2.36. The Morgan fingerprint density at radius 1 is 0.463 bits per heavy atom. The lowest BCUT2D eigenvalue weighted by Gasteiger charge is -2.16. The summed E-state index contributed by atoms with van der Waals surface area (Å²) in [5.74, 6) is 0. The maximum absolute atomic E-state index is 3.85. The van der Waals surface area contributed by atoms with E-state index in [2.05, 4.69) is 215 Å².